The summed E-state index contributed by atoms with van der Waals surface area (Å²) in [6.07, 6.45) is 1.85. The molecule has 0 spiro atoms. The van der Waals surface area contributed by atoms with Gasteiger partial charge in [0.15, 0.2) is 0 Å². The van der Waals surface area contributed by atoms with Gasteiger partial charge in [0.05, 0.1) is 10.7 Å². The first-order valence-electron chi connectivity index (χ1n) is 7.86. The largest absolute Gasteiger partial charge is 0.297 e. The van der Waals surface area contributed by atoms with E-state index >= 15 is 0 Å². The number of anilines is 1. The fraction of sp³-hybridized carbons (Fsp3) is 0.250. The zero-order valence-electron chi connectivity index (χ0n) is 14.0. The monoisotopic (exact) mass is 398 g/mol. The van der Waals surface area contributed by atoms with Gasteiger partial charge in [0.2, 0.25) is 0 Å². The third kappa shape index (κ3) is 3.19. The fourth-order valence-corrected chi connectivity index (χ4v) is 3.93. The quantitative estimate of drug-likeness (QED) is 0.716. The summed E-state index contributed by atoms with van der Waals surface area (Å²) in [5, 5.41) is 4.16. The summed E-state index contributed by atoms with van der Waals surface area (Å²) in [6.45, 7) is 4.01. The molecule has 0 saturated carbocycles. The number of fused-ring (bicyclic) bond motifs is 1. The lowest BCUT2D eigenvalue weighted by molar-refractivity contribution is 0.583. The van der Waals surface area contributed by atoms with E-state index in [0.717, 1.165) is 12.1 Å². The summed E-state index contributed by atoms with van der Waals surface area (Å²) < 4.78 is 43.5. The Bertz CT molecular complexity index is 1150. The van der Waals surface area contributed by atoms with Crippen molar-refractivity contribution in [2.24, 2.45) is 0 Å². The fourth-order valence-electron chi connectivity index (χ4n) is 2.56. The Balaban J connectivity index is 2.12. The van der Waals surface area contributed by atoms with Gasteiger partial charge in [-0.3, -0.25) is 13.9 Å². The van der Waals surface area contributed by atoms with E-state index < -0.39 is 15.8 Å². The molecular formula is C16H16ClFN4O3S. The van der Waals surface area contributed by atoms with Gasteiger partial charge < -0.3 is 0 Å². The molecule has 138 valence electrons. The molecule has 0 aliphatic carbocycles. The summed E-state index contributed by atoms with van der Waals surface area (Å²) >= 11 is 5.88. The number of rotatable bonds is 5. The number of nitrogens with one attached hydrogen (secondary N) is 1. The molecule has 3 rings (SSSR count). The van der Waals surface area contributed by atoms with Crippen LogP contribution in [0.5, 0.6) is 0 Å². The molecule has 0 aliphatic heterocycles. The summed E-state index contributed by atoms with van der Waals surface area (Å²) in [5.74, 6) is -0.0194. The number of aryl methyl sites for hydroxylation is 2. The van der Waals surface area contributed by atoms with Gasteiger partial charge in [0.1, 0.15) is 22.1 Å². The number of sulfonamides is 1. The third-order valence-electron chi connectivity index (χ3n) is 3.86. The van der Waals surface area contributed by atoms with E-state index in [-0.39, 0.29) is 26.7 Å². The van der Waals surface area contributed by atoms with Crippen LogP contribution in [-0.4, -0.2) is 22.6 Å². The second-order valence-electron chi connectivity index (χ2n) is 5.55. The molecular weight excluding hydrogens is 383 g/mol. The lowest BCUT2D eigenvalue weighted by atomic mass is 10.3. The van der Waals surface area contributed by atoms with Crippen LogP contribution in [0.4, 0.5) is 10.1 Å². The van der Waals surface area contributed by atoms with E-state index in [4.69, 9.17) is 11.6 Å². The predicted octanol–water partition coefficient (Wildman–Crippen LogP) is 2.67. The first-order valence-corrected chi connectivity index (χ1v) is 9.73. The molecule has 26 heavy (non-hydrogen) atoms. The van der Waals surface area contributed by atoms with Crippen molar-refractivity contribution in [2.45, 2.75) is 31.7 Å². The summed E-state index contributed by atoms with van der Waals surface area (Å²) in [5.41, 5.74) is -0.127. The molecule has 0 amide bonds. The van der Waals surface area contributed by atoms with Crippen LogP contribution in [0.2, 0.25) is 5.02 Å². The Morgan fingerprint density at radius 3 is 2.62 bits per heavy atom. The van der Waals surface area contributed by atoms with E-state index in [1.807, 2.05) is 6.92 Å². The van der Waals surface area contributed by atoms with Gasteiger partial charge >= 0.3 is 0 Å². The van der Waals surface area contributed by atoms with E-state index in [9.17, 15) is 17.6 Å². The van der Waals surface area contributed by atoms with Crippen molar-refractivity contribution in [3.8, 4) is 0 Å². The summed E-state index contributed by atoms with van der Waals surface area (Å²) in [6, 6.07) is 4.62. The van der Waals surface area contributed by atoms with E-state index in [1.54, 1.807) is 6.92 Å². The van der Waals surface area contributed by atoms with Gasteiger partial charge in [-0.1, -0.05) is 18.5 Å². The van der Waals surface area contributed by atoms with Crippen molar-refractivity contribution in [3.05, 3.63) is 57.5 Å². The molecule has 0 aliphatic rings. The van der Waals surface area contributed by atoms with Crippen molar-refractivity contribution in [3.63, 3.8) is 0 Å². The van der Waals surface area contributed by atoms with Gasteiger partial charge in [0.25, 0.3) is 15.6 Å². The lowest BCUT2D eigenvalue weighted by Gasteiger charge is -2.08. The van der Waals surface area contributed by atoms with Gasteiger partial charge in [-0.25, -0.2) is 17.5 Å². The van der Waals surface area contributed by atoms with Crippen LogP contribution in [0.25, 0.3) is 5.52 Å². The molecule has 2 heterocycles. The Morgan fingerprint density at radius 1 is 1.27 bits per heavy atom. The highest BCUT2D eigenvalue weighted by Gasteiger charge is 2.21. The smallest absolute Gasteiger partial charge is 0.291 e. The van der Waals surface area contributed by atoms with Crippen LogP contribution in [0.1, 0.15) is 19.7 Å². The predicted molar refractivity (Wildman–Crippen MR) is 96.7 cm³/mol. The van der Waals surface area contributed by atoms with Crippen molar-refractivity contribution in [2.75, 3.05) is 4.72 Å². The molecule has 0 fully saturated rings. The average Bonchev–Trinajstić information content (AvgIpc) is 3.05. The van der Waals surface area contributed by atoms with Crippen molar-refractivity contribution in [1.29, 1.82) is 0 Å². The molecule has 0 radical (unpaired) electrons. The SMILES string of the molecule is CCc1nn(CC)c(=O)c2cc(S(=O)(=O)Nc3ccc(F)cc3Cl)cn12. The Hall–Kier alpha value is -2.39. The van der Waals surface area contributed by atoms with E-state index in [1.165, 1.54) is 27.4 Å². The van der Waals surface area contributed by atoms with Gasteiger partial charge in [-0.05, 0) is 31.2 Å². The van der Waals surface area contributed by atoms with E-state index in [0.29, 0.717) is 18.8 Å². The lowest BCUT2D eigenvalue weighted by Crippen LogP contribution is -2.26. The van der Waals surface area contributed by atoms with Crippen LogP contribution >= 0.6 is 11.6 Å². The zero-order chi connectivity index (χ0) is 19.1. The first-order chi connectivity index (χ1) is 12.3. The van der Waals surface area contributed by atoms with Crippen LogP contribution in [0.15, 0.2) is 40.2 Å². The van der Waals surface area contributed by atoms with Crippen LogP contribution in [0.3, 0.4) is 0 Å². The van der Waals surface area contributed by atoms with Crippen molar-refractivity contribution < 1.29 is 12.8 Å². The molecule has 2 aromatic heterocycles. The van der Waals surface area contributed by atoms with Crippen molar-refractivity contribution >= 4 is 32.8 Å². The minimum atomic E-state index is -4.03. The standard InChI is InChI=1S/C16H16ClFN4O3S/c1-3-15-19-22(4-2)16(23)14-8-11(9-21(14)15)26(24,25)20-13-6-5-10(18)7-12(13)17/h5-9,20H,3-4H2,1-2H3. The number of benzene rings is 1. The second-order valence-corrected chi connectivity index (χ2v) is 7.64. The minimum Gasteiger partial charge on any atom is -0.297 e. The molecule has 3 aromatic rings. The number of hydrogen-bond donors (Lipinski definition) is 1. The molecule has 1 aromatic carbocycles. The molecule has 0 saturated heterocycles. The number of nitrogens with zero attached hydrogens (tertiary/aromatic N) is 3. The number of hydrogen-bond acceptors (Lipinski definition) is 4. The van der Waals surface area contributed by atoms with Crippen molar-refractivity contribution in [1.82, 2.24) is 14.2 Å². The maximum Gasteiger partial charge on any atom is 0.291 e. The van der Waals surface area contributed by atoms with Crippen LogP contribution < -0.4 is 10.3 Å². The van der Waals surface area contributed by atoms with Crippen LogP contribution in [-0.2, 0) is 23.0 Å². The normalized spacial score (nSPS) is 11.8. The highest BCUT2D eigenvalue weighted by Crippen LogP contribution is 2.26. The highest BCUT2D eigenvalue weighted by molar-refractivity contribution is 7.92. The van der Waals surface area contributed by atoms with Gasteiger partial charge in [-0.2, -0.15) is 5.10 Å². The Labute approximate surface area is 154 Å². The summed E-state index contributed by atoms with van der Waals surface area (Å²) in [7, 11) is -4.03. The first kappa shape index (κ1) is 18.4. The number of halogens is 2. The molecule has 10 heteroatoms. The molecule has 0 bridgehead atoms. The zero-order valence-corrected chi connectivity index (χ0v) is 15.6. The van der Waals surface area contributed by atoms with Crippen LogP contribution in [0, 0.1) is 5.82 Å². The average molecular weight is 399 g/mol. The minimum absolute atomic E-state index is 0.0446. The Kier molecular flexibility index (Phi) is 4.76. The van der Waals surface area contributed by atoms with Gasteiger partial charge in [0, 0.05) is 19.2 Å². The second kappa shape index (κ2) is 6.73. The molecule has 7 nitrogen and oxygen atoms in total. The Morgan fingerprint density at radius 2 is 2.00 bits per heavy atom. The molecule has 1 N–H and O–H groups in total. The maximum atomic E-state index is 13.1. The molecule has 0 atom stereocenters. The maximum absolute atomic E-state index is 13.1. The van der Waals surface area contributed by atoms with E-state index in [2.05, 4.69) is 9.82 Å². The number of aromatic nitrogens is 3. The topological polar surface area (TPSA) is 85.5 Å². The summed E-state index contributed by atoms with van der Waals surface area (Å²) in [4.78, 5) is 12.3. The highest BCUT2D eigenvalue weighted by atomic mass is 35.5. The van der Waals surface area contributed by atoms with Gasteiger partial charge in [-0.15, -0.1) is 0 Å². The molecule has 0 unspecified atom stereocenters. The third-order valence-corrected chi connectivity index (χ3v) is 5.51.